The first-order chi connectivity index (χ1) is 18.2. The van der Waals surface area contributed by atoms with Gasteiger partial charge in [0.2, 0.25) is 11.8 Å². The number of nitrogens with one attached hydrogen (secondary N) is 1. The van der Waals surface area contributed by atoms with Gasteiger partial charge >= 0.3 is 78.8 Å². The van der Waals surface area contributed by atoms with Crippen molar-refractivity contribution in [1.29, 1.82) is 0 Å². The molecule has 0 saturated heterocycles. The van der Waals surface area contributed by atoms with Crippen molar-refractivity contribution in [3.8, 4) is 5.75 Å². The Balaban J connectivity index is 0.000000209. The predicted molar refractivity (Wildman–Crippen MR) is 155 cm³/mol. The number of rotatable bonds is 3. The Morgan fingerprint density at radius 1 is 1.00 bits per heavy atom. The fourth-order valence-corrected chi connectivity index (χ4v) is 6.42. The fourth-order valence-electron chi connectivity index (χ4n) is 2.81. The van der Waals surface area contributed by atoms with E-state index in [2.05, 4.69) is 41.9 Å². The van der Waals surface area contributed by atoms with Crippen LogP contribution in [0.3, 0.4) is 0 Å². The van der Waals surface area contributed by atoms with Gasteiger partial charge in [-0.3, -0.25) is 14.8 Å². The van der Waals surface area contributed by atoms with Gasteiger partial charge in [0, 0.05) is 22.8 Å². The van der Waals surface area contributed by atoms with E-state index in [1.54, 1.807) is 24.3 Å². The van der Waals surface area contributed by atoms with Crippen LogP contribution in [0.15, 0.2) is 75.7 Å². The molecule has 3 aromatic rings. The first-order valence-corrected chi connectivity index (χ1v) is 16.4. The van der Waals surface area contributed by atoms with Gasteiger partial charge in [0.15, 0.2) is 5.75 Å². The fraction of sp³-hybridized carbons (Fsp3) is 0.160. The standard InChI is InChI=1S/C9H7BrF3NO2.C8H8BrNO2.C8H7IO2/c1-5(15)14-7-3-2-6(10)4-8(7)16-9(11,12)13;1-6(11)10(12)8-4-2-7(9)3-5-8;1-9-7-5-3-2-4-6(7)8(10)11-9/h2-4H,1H3,(H,14,15);2-5,12H,1H3;2-5H,1H3. The molecule has 0 aromatic heterocycles. The summed E-state index contributed by atoms with van der Waals surface area (Å²) in [4.78, 5) is 34.6. The summed E-state index contributed by atoms with van der Waals surface area (Å²) >= 11 is 4.74. The van der Waals surface area contributed by atoms with Crippen molar-refractivity contribution in [2.24, 2.45) is 0 Å². The maximum atomic E-state index is 12.0. The molecule has 0 saturated carbocycles. The van der Waals surface area contributed by atoms with Crippen LogP contribution in [0, 0.1) is 3.57 Å². The molecule has 14 heteroatoms. The Morgan fingerprint density at radius 2 is 1.59 bits per heavy atom. The van der Waals surface area contributed by atoms with E-state index in [9.17, 15) is 27.6 Å². The summed E-state index contributed by atoms with van der Waals surface area (Å²) in [6.07, 6.45) is -4.80. The van der Waals surface area contributed by atoms with Crippen molar-refractivity contribution < 1.29 is 40.6 Å². The zero-order valence-corrected chi connectivity index (χ0v) is 25.9. The zero-order valence-electron chi connectivity index (χ0n) is 20.6. The van der Waals surface area contributed by atoms with E-state index in [0.29, 0.717) is 15.2 Å². The van der Waals surface area contributed by atoms with Crippen molar-refractivity contribution in [2.75, 3.05) is 15.3 Å². The summed E-state index contributed by atoms with van der Waals surface area (Å²) < 4.78 is 47.5. The van der Waals surface area contributed by atoms with Crippen molar-refractivity contribution in [3.05, 3.63) is 84.8 Å². The topological polar surface area (TPSA) is 105 Å². The summed E-state index contributed by atoms with van der Waals surface area (Å²) in [6.45, 7) is 2.49. The van der Waals surface area contributed by atoms with Crippen LogP contribution in [0.5, 0.6) is 5.75 Å². The minimum absolute atomic E-state index is 0.0342. The summed E-state index contributed by atoms with van der Waals surface area (Å²) in [6, 6.07) is 18.4. The van der Waals surface area contributed by atoms with Gasteiger partial charge in [-0.25, -0.2) is 0 Å². The number of carbonyl (C=O) groups is 3. The Labute approximate surface area is 246 Å². The van der Waals surface area contributed by atoms with Gasteiger partial charge in [0.25, 0.3) is 0 Å². The Morgan fingerprint density at radius 3 is 2.13 bits per heavy atom. The van der Waals surface area contributed by atoms with Crippen LogP contribution in [-0.4, -0.2) is 34.3 Å². The van der Waals surface area contributed by atoms with Crippen molar-refractivity contribution >= 4 is 81.3 Å². The number of ether oxygens (including phenoxy) is 1. The van der Waals surface area contributed by atoms with Crippen LogP contribution in [0.25, 0.3) is 0 Å². The van der Waals surface area contributed by atoms with Gasteiger partial charge in [0.05, 0.1) is 11.4 Å². The molecule has 0 bridgehead atoms. The molecule has 0 atom stereocenters. The van der Waals surface area contributed by atoms with Gasteiger partial charge in [-0.2, -0.15) is 5.06 Å². The Hall–Kier alpha value is -2.69. The first kappa shape index (κ1) is 32.5. The van der Waals surface area contributed by atoms with Crippen LogP contribution in [-0.2, 0) is 12.7 Å². The molecule has 0 fully saturated rings. The number of alkyl halides is 4. The number of amides is 2. The Bertz CT molecular complexity index is 1330. The molecule has 0 spiro atoms. The molecule has 0 radical (unpaired) electrons. The molecule has 2 N–H and O–H groups in total. The molecule has 8 nitrogen and oxygen atoms in total. The van der Waals surface area contributed by atoms with Gasteiger partial charge < -0.3 is 10.1 Å². The second-order valence-electron chi connectivity index (χ2n) is 7.44. The van der Waals surface area contributed by atoms with Gasteiger partial charge in [-0.05, 0) is 42.5 Å². The zero-order chi connectivity index (χ0) is 29.3. The monoisotopic (exact) mass is 788 g/mol. The molecule has 0 aliphatic carbocycles. The van der Waals surface area contributed by atoms with E-state index in [-0.39, 0.29) is 11.7 Å². The van der Waals surface area contributed by atoms with Crippen LogP contribution < -0.4 is 15.1 Å². The number of carbonyl (C=O) groups excluding carboxylic acids is 3. The number of hydroxylamine groups is 1. The average Bonchev–Trinajstić information content (AvgIpc) is 3.14. The SMILES string of the molecule is CC(=O)N(O)c1ccc(Br)cc1.CC(=O)Nc1ccc(Br)cc1OC(F)(F)F.CI1OC(=O)c2ccccc21. The van der Waals surface area contributed by atoms with E-state index >= 15 is 0 Å². The van der Waals surface area contributed by atoms with Gasteiger partial charge in [0.1, 0.15) is 0 Å². The third kappa shape index (κ3) is 10.8. The number of nitrogens with zero attached hydrogens (tertiary/aromatic N) is 1. The number of anilines is 2. The van der Waals surface area contributed by atoms with Crippen LogP contribution in [0.4, 0.5) is 24.5 Å². The van der Waals surface area contributed by atoms with Crippen molar-refractivity contribution in [3.63, 3.8) is 0 Å². The van der Waals surface area contributed by atoms with Crippen molar-refractivity contribution in [1.82, 2.24) is 0 Å². The maximum absolute atomic E-state index is 12.0. The number of fused-ring (bicyclic) bond motifs is 1. The molecule has 1 aliphatic rings. The molecule has 1 heterocycles. The number of benzene rings is 3. The number of hydrogen-bond donors (Lipinski definition) is 2. The number of hydrogen-bond acceptors (Lipinski definition) is 6. The second kappa shape index (κ2) is 14.6. The third-order valence-electron chi connectivity index (χ3n) is 4.42. The molecule has 39 heavy (non-hydrogen) atoms. The summed E-state index contributed by atoms with van der Waals surface area (Å²) in [5, 5.41) is 12.0. The molecular weight excluding hydrogens is 768 g/mol. The summed E-state index contributed by atoms with van der Waals surface area (Å²) in [5.74, 6) is -1.47. The van der Waals surface area contributed by atoms with E-state index in [1.807, 2.05) is 29.2 Å². The third-order valence-corrected chi connectivity index (χ3v) is 9.08. The van der Waals surface area contributed by atoms with E-state index in [1.165, 1.54) is 26.0 Å². The van der Waals surface area contributed by atoms with Crippen LogP contribution in [0.1, 0.15) is 24.2 Å². The molecule has 2 amide bonds. The van der Waals surface area contributed by atoms with Crippen LogP contribution >= 0.6 is 52.1 Å². The molecular formula is C25H22Br2F3IN2O6. The van der Waals surface area contributed by atoms with Crippen LogP contribution in [0.2, 0.25) is 0 Å². The summed E-state index contributed by atoms with van der Waals surface area (Å²) in [7, 11) is 0. The Kier molecular flexibility index (Phi) is 12.2. The van der Waals surface area contributed by atoms with E-state index in [0.717, 1.165) is 19.7 Å². The van der Waals surface area contributed by atoms with E-state index < -0.39 is 44.2 Å². The first-order valence-electron chi connectivity index (χ1n) is 10.7. The van der Waals surface area contributed by atoms with Gasteiger partial charge in [-0.15, -0.1) is 13.2 Å². The summed E-state index contributed by atoms with van der Waals surface area (Å²) in [5.41, 5.74) is 1.21. The molecule has 3 aromatic carbocycles. The number of halogens is 6. The van der Waals surface area contributed by atoms with Gasteiger partial charge in [-0.1, -0.05) is 31.9 Å². The van der Waals surface area contributed by atoms with E-state index in [4.69, 9.17) is 8.27 Å². The van der Waals surface area contributed by atoms with Crippen molar-refractivity contribution in [2.45, 2.75) is 20.2 Å². The quantitative estimate of drug-likeness (QED) is 0.123. The second-order valence-corrected chi connectivity index (χ2v) is 13.3. The molecule has 1 aliphatic heterocycles. The molecule has 0 unspecified atom stereocenters. The average molecular weight is 790 g/mol. The molecule has 4 rings (SSSR count). The molecule has 210 valence electrons. The minimum atomic E-state index is -4.80. The normalized spacial score (nSPS) is 12.5. The predicted octanol–water partition coefficient (Wildman–Crippen LogP) is 7.58.